The number of carbonyl (C=O) groups is 3. The van der Waals surface area contributed by atoms with Gasteiger partial charge in [-0.25, -0.2) is 4.39 Å². The van der Waals surface area contributed by atoms with Crippen LogP contribution in [0.3, 0.4) is 0 Å². The van der Waals surface area contributed by atoms with Crippen LogP contribution in [0.15, 0.2) is 12.2 Å². The maximum Gasteiger partial charge on any atom is 0.433 e. The second-order valence-electron chi connectivity index (χ2n) is 3.52. The van der Waals surface area contributed by atoms with Crippen molar-refractivity contribution in [2.45, 2.75) is 32.1 Å². The highest BCUT2D eigenvalue weighted by atomic mass is 19.4. The minimum absolute atomic E-state index is 0.684. The Hall–Kier alpha value is -1.53. The first-order valence-corrected chi connectivity index (χ1v) is 4.43. The lowest BCUT2D eigenvalue weighted by molar-refractivity contribution is -0.213. The summed E-state index contributed by atoms with van der Waals surface area (Å²) in [4.78, 5) is 32.5. The molecule has 1 atom stereocenters. The lowest BCUT2D eigenvalue weighted by atomic mass is 9.89. The third-order valence-corrected chi connectivity index (χ3v) is 2.08. The van der Waals surface area contributed by atoms with Crippen LogP contribution in [0.4, 0.5) is 17.6 Å². The van der Waals surface area contributed by atoms with E-state index in [1.54, 1.807) is 0 Å². The van der Waals surface area contributed by atoms with E-state index in [9.17, 15) is 31.9 Å². The van der Waals surface area contributed by atoms with Crippen molar-refractivity contribution in [2.24, 2.45) is 0 Å². The summed E-state index contributed by atoms with van der Waals surface area (Å²) in [6, 6.07) is 0. The zero-order valence-corrected chi connectivity index (χ0v) is 9.15. The largest absolute Gasteiger partial charge is 0.433 e. The van der Waals surface area contributed by atoms with Gasteiger partial charge in [0.05, 0.1) is 6.42 Å². The number of allylic oxidation sites excluding steroid dienone is 1. The molecule has 17 heavy (non-hydrogen) atoms. The van der Waals surface area contributed by atoms with Crippen LogP contribution in [0.2, 0.25) is 0 Å². The fraction of sp³-hybridized carbons (Fsp3) is 0.500. The van der Waals surface area contributed by atoms with E-state index in [2.05, 4.69) is 6.58 Å². The van der Waals surface area contributed by atoms with Crippen LogP contribution >= 0.6 is 0 Å². The molecule has 0 amide bonds. The van der Waals surface area contributed by atoms with Crippen LogP contribution in [0.1, 0.15) is 20.3 Å². The quantitative estimate of drug-likeness (QED) is 0.326. The van der Waals surface area contributed by atoms with Gasteiger partial charge in [0.1, 0.15) is 0 Å². The van der Waals surface area contributed by atoms with Crippen LogP contribution in [0.5, 0.6) is 0 Å². The number of rotatable bonds is 5. The van der Waals surface area contributed by atoms with Crippen LogP contribution in [0.25, 0.3) is 0 Å². The Morgan fingerprint density at radius 3 is 1.71 bits per heavy atom. The Bertz CT molecular complexity index is 384. The van der Waals surface area contributed by atoms with Crippen molar-refractivity contribution in [1.82, 2.24) is 0 Å². The second-order valence-corrected chi connectivity index (χ2v) is 3.52. The average molecular weight is 254 g/mol. The van der Waals surface area contributed by atoms with Crippen molar-refractivity contribution in [3.05, 3.63) is 12.2 Å². The van der Waals surface area contributed by atoms with Gasteiger partial charge in [0.25, 0.3) is 5.67 Å². The number of hydrogen-bond donors (Lipinski definition) is 0. The molecule has 0 aromatic carbocycles. The molecule has 0 N–H and O–H groups in total. The standard InChI is InChI=1S/C10H10F4O3/c1-5(2)9(11,10(12,13)14)8(17)4-7(16)6(3)15/h1,4H2,2-3H3. The number of halogens is 4. The molecule has 0 heterocycles. The lowest BCUT2D eigenvalue weighted by Gasteiger charge is -2.26. The van der Waals surface area contributed by atoms with Gasteiger partial charge in [0.2, 0.25) is 5.78 Å². The van der Waals surface area contributed by atoms with Crippen molar-refractivity contribution in [2.75, 3.05) is 0 Å². The molecule has 0 aliphatic rings. The molecule has 0 radical (unpaired) electrons. The highest BCUT2D eigenvalue weighted by molar-refractivity contribution is 6.39. The summed E-state index contributed by atoms with van der Waals surface area (Å²) in [5.74, 6) is -4.51. The Morgan fingerprint density at radius 1 is 1.06 bits per heavy atom. The number of Topliss-reactive ketones (excluding diaryl/α,β-unsaturated/α-hetero) is 3. The molecule has 0 aliphatic heterocycles. The minimum atomic E-state index is -5.51. The molecule has 0 aromatic rings. The first-order chi connectivity index (χ1) is 7.44. The number of carbonyl (C=O) groups excluding carboxylic acids is 3. The third kappa shape index (κ3) is 2.98. The zero-order chi connectivity index (χ0) is 14.0. The van der Waals surface area contributed by atoms with Gasteiger partial charge >= 0.3 is 6.18 Å². The van der Waals surface area contributed by atoms with E-state index < -0.39 is 41.2 Å². The van der Waals surface area contributed by atoms with Gasteiger partial charge in [-0.15, -0.1) is 0 Å². The van der Waals surface area contributed by atoms with E-state index >= 15 is 0 Å². The summed E-state index contributed by atoms with van der Waals surface area (Å²) >= 11 is 0. The molecule has 0 aromatic heterocycles. The molecular weight excluding hydrogens is 244 g/mol. The van der Waals surface area contributed by atoms with Gasteiger partial charge in [-0.05, 0) is 12.5 Å². The molecule has 0 aliphatic carbocycles. The van der Waals surface area contributed by atoms with Crippen molar-refractivity contribution in [1.29, 1.82) is 0 Å². The van der Waals surface area contributed by atoms with Crippen LogP contribution in [-0.2, 0) is 14.4 Å². The fourth-order valence-electron chi connectivity index (χ4n) is 1.03. The predicted molar refractivity (Wildman–Crippen MR) is 50.0 cm³/mol. The smallest absolute Gasteiger partial charge is 0.295 e. The molecule has 3 nitrogen and oxygen atoms in total. The first kappa shape index (κ1) is 15.5. The number of alkyl halides is 4. The van der Waals surface area contributed by atoms with Gasteiger partial charge in [-0.1, -0.05) is 6.58 Å². The highest BCUT2D eigenvalue weighted by Crippen LogP contribution is 2.40. The Labute approximate surface area is 94.5 Å². The molecule has 0 rings (SSSR count). The van der Waals surface area contributed by atoms with E-state index in [0.29, 0.717) is 6.92 Å². The molecule has 7 heteroatoms. The van der Waals surface area contributed by atoms with Crippen molar-refractivity contribution >= 4 is 17.3 Å². The molecule has 0 bridgehead atoms. The predicted octanol–water partition coefficient (Wildman–Crippen LogP) is 1.95. The van der Waals surface area contributed by atoms with Gasteiger partial charge < -0.3 is 0 Å². The molecule has 0 fully saturated rings. The van der Waals surface area contributed by atoms with E-state index in [1.165, 1.54) is 0 Å². The van der Waals surface area contributed by atoms with Crippen LogP contribution in [0, 0.1) is 0 Å². The first-order valence-electron chi connectivity index (χ1n) is 4.43. The summed E-state index contributed by atoms with van der Waals surface area (Å²) in [6.45, 7) is 4.22. The Morgan fingerprint density at radius 2 is 1.47 bits per heavy atom. The maximum atomic E-state index is 13.6. The fourth-order valence-corrected chi connectivity index (χ4v) is 1.03. The maximum absolute atomic E-state index is 13.6. The average Bonchev–Trinajstić information content (AvgIpc) is 2.13. The summed E-state index contributed by atoms with van der Waals surface area (Å²) in [5.41, 5.74) is -5.37. The van der Waals surface area contributed by atoms with E-state index in [0.717, 1.165) is 6.92 Å². The van der Waals surface area contributed by atoms with Gasteiger partial charge in [0, 0.05) is 6.92 Å². The monoisotopic (exact) mass is 254 g/mol. The van der Waals surface area contributed by atoms with Crippen molar-refractivity contribution in [3.8, 4) is 0 Å². The Kier molecular flexibility index (Phi) is 4.34. The van der Waals surface area contributed by atoms with Crippen molar-refractivity contribution < 1.29 is 31.9 Å². The summed E-state index contributed by atoms with van der Waals surface area (Å²) in [5, 5.41) is 0. The molecular formula is C10H10F4O3. The van der Waals surface area contributed by atoms with E-state index in [4.69, 9.17) is 0 Å². The highest BCUT2D eigenvalue weighted by Gasteiger charge is 2.62. The normalized spacial score (nSPS) is 14.9. The summed E-state index contributed by atoms with van der Waals surface area (Å²) in [7, 11) is 0. The summed E-state index contributed by atoms with van der Waals surface area (Å²) in [6.07, 6.45) is -6.94. The third-order valence-electron chi connectivity index (χ3n) is 2.08. The SMILES string of the molecule is C=C(C)C(F)(C(=O)CC(=O)C(C)=O)C(F)(F)F. The van der Waals surface area contributed by atoms with Gasteiger partial charge in [-0.2, -0.15) is 13.2 Å². The lowest BCUT2D eigenvalue weighted by Crippen LogP contribution is -2.49. The van der Waals surface area contributed by atoms with E-state index in [-0.39, 0.29) is 0 Å². The van der Waals surface area contributed by atoms with Gasteiger partial charge in [0.15, 0.2) is 11.6 Å². The zero-order valence-electron chi connectivity index (χ0n) is 9.15. The Balaban J connectivity index is 5.26. The molecule has 0 spiro atoms. The van der Waals surface area contributed by atoms with Gasteiger partial charge in [-0.3, -0.25) is 14.4 Å². The molecule has 0 saturated carbocycles. The topological polar surface area (TPSA) is 51.2 Å². The molecule has 96 valence electrons. The van der Waals surface area contributed by atoms with Crippen LogP contribution < -0.4 is 0 Å². The number of ketones is 3. The number of hydrogen-bond acceptors (Lipinski definition) is 3. The minimum Gasteiger partial charge on any atom is -0.295 e. The molecule has 0 saturated heterocycles. The van der Waals surface area contributed by atoms with Crippen molar-refractivity contribution in [3.63, 3.8) is 0 Å². The molecule has 1 unspecified atom stereocenters. The summed E-state index contributed by atoms with van der Waals surface area (Å²) < 4.78 is 50.8. The van der Waals surface area contributed by atoms with E-state index in [1.807, 2.05) is 0 Å². The second kappa shape index (κ2) is 4.77. The van der Waals surface area contributed by atoms with Crippen LogP contribution in [-0.4, -0.2) is 29.2 Å².